The van der Waals surface area contributed by atoms with Crippen LogP contribution in [0.1, 0.15) is 0 Å². The standard InChI is InChI=1S/C26H16N2S/c1-3-7-17(8-4-1)25-23-19-11-13-27-15-21(19)22-16-28-14-12-20(22)24(23)26(29-25)18-9-5-2-6-10-18/h1-16H. The Hall–Kier alpha value is -3.56. The van der Waals surface area contributed by atoms with Crippen LogP contribution in [0.3, 0.4) is 0 Å². The van der Waals surface area contributed by atoms with Crippen LogP contribution in [0.25, 0.3) is 53.2 Å². The van der Waals surface area contributed by atoms with Gasteiger partial charge in [0.1, 0.15) is 0 Å². The zero-order valence-electron chi connectivity index (χ0n) is 15.5. The molecule has 6 rings (SSSR count). The number of pyridine rings is 2. The van der Waals surface area contributed by atoms with Crippen molar-refractivity contribution in [2.75, 3.05) is 0 Å². The molecular weight excluding hydrogens is 372 g/mol. The lowest BCUT2D eigenvalue weighted by molar-refractivity contribution is 1.35. The number of hydrogen-bond donors (Lipinski definition) is 0. The molecule has 0 N–H and O–H groups in total. The number of thiophene rings is 1. The van der Waals surface area contributed by atoms with Gasteiger partial charge in [0.2, 0.25) is 0 Å². The SMILES string of the molecule is c1ccc(-c2sc(-c3ccccc3)c3c4ccncc4c4cnccc4c23)cc1. The van der Waals surface area contributed by atoms with E-state index in [4.69, 9.17) is 0 Å². The van der Waals surface area contributed by atoms with Crippen LogP contribution in [-0.4, -0.2) is 9.97 Å². The van der Waals surface area contributed by atoms with E-state index in [9.17, 15) is 0 Å². The molecule has 0 aliphatic rings. The largest absolute Gasteiger partial charge is 0.264 e. The van der Waals surface area contributed by atoms with E-state index < -0.39 is 0 Å². The average Bonchev–Trinajstić information content (AvgIpc) is 3.22. The maximum Gasteiger partial charge on any atom is 0.0434 e. The predicted molar refractivity (Wildman–Crippen MR) is 123 cm³/mol. The van der Waals surface area contributed by atoms with Gasteiger partial charge in [-0.3, -0.25) is 9.97 Å². The topological polar surface area (TPSA) is 25.8 Å². The van der Waals surface area contributed by atoms with E-state index >= 15 is 0 Å². The van der Waals surface area contributed by atoms with Crippen molar-refractivity contribution in [3.63, 3.8) is 0 Å². The molecule has 0 saturated carbocycles. The minimum absolute atomic E-state index is 1.15. The fraction of sp³-hybridized carbons (Fsp3) is 0. The number of rotatable bonds is 2. The minimum atomic E-state index is 1.15. The molecule has 3 aromatic carbocycles. The molecular formula is C26H16N2S. The van der Waals surface area contributed by atoms with Crippen LogP contribution in [0.5, 0.6) is 0 Å². The van der Waals surface area contributed by atoms with Crippen molar-refractivity contribution in [2.24, 2.45) is 0 Å². The molecule has 2 nitrogen and oxygen atoms in total. The van der Waals surface area contributed by atoms with E-state index in [1.807, 2.05) is 36.1 Å². The highest BCUT2D eigenvalue weighted by Crippen LogP contribution is 2.49. The summed E-state index contributed by atoms with van der Waals surface area (Å²) in [4.78, 5) is 11.4. The van der Waals surface area contributed by atoms with Crippen LogP contribution in [0.15, 0.2) is 97.6 Å². The van der Waals surface area contributed by atoms with Gasteiger partial charge in [-0.05, 0) is 34.0 Å². The Morgan fingerprint density at radius 2 is 0.931 bits per heavy atom. The molecule has 29 heavy (non-hydrogen) atoms. The first kappa shape index (κ1) is 16.4. The highest BCUT2D eigenvalue weighted by atomic mass is 32.1. The Bertz CT molecular complexity index is 1370. The fourth-order valence-electron chi connectivity index (χ4n) is 4.18. The summed E-state index contributed by atoms with van der Waals surface area (Å²) in [5, 5.41) is 7.36. The molecule has 3 heteroatoms. The summed E-state index contributed by atoms with van der Waals surface area (Å²) >= 11 is 1.87. The molecule has 0 radical (unpaired) electrons. The number of nitrogens with zero attached hydrogens (tertiary/aromatic N) is 2. The lowest BCUT2D eigenvalue weighted by atomic mass is 9.94. The lowest BCUT2D eigenvalue weighted by Gasteiger charge is -2.09. The predicted octanol–water partition coefficient (Wildman–Crippen LogP) is 7.33. The molecule has 0 spiro atoms. The van der Waals surface area contributed by atoms with Gasteiger partial charge in [0, 0.05) is 56.1 Å². The van der Waals surface area contributed by atoms with Crippen LogP contribution < -0.4 is 0 Å². The summed E-state index contributed by atoms with van der Waals surface area (Å²) in [6.45, 7) is 0. The van der Waals surface area contributed by atoms with Crippen molar-refractivity contribution in [3.8, 4) is 20.9 Å². The fourth-order valence-corrected chi connectivity index (χ4v) is 5.53. The van der Waals surface area contributed by atoms with Gasteiger partial charge in [0.25, 0.3) is 0 Å². The molecule has 0 aliphatic heterocycles. The van der Waals surface area contributed by atoms with E-state index in [0.29, 0.717) is 0 Å². The second kappa shape index (κ2) is 6.50. The first-order chi connectivity index (χ1) is 14.4. The van der Waals surface area contributed by atoms with Gasteiger partial charge in [-0.2, -0.15) is 0 Å². The minimum Gasteiger partial charge on any atom is -0.264 e. The molecule has 6 aromatic rings. The summed E-state index contributed by atoms with van der Waals surface area (Å²) in [5.74, 6) is 0. The van der Waals surface area contributed by atoms with E-state index in [0.717, 1.165) is 10.8 Å². The number of benzene rings is 3. The number of hydrogen-bond acceptors (Lipinski definition) is 3. The Labute approximate surface area is 172 Å². The molecule has 0 unspecified atom stereocenters. The smallest absolute Gasteiger partial charge is 0.0434 e. The molecule has 136 valence electrons. The molecule has 0 saturated heterocycles. The first-order valence-electron chi connectivity index (χ1n) is 9.58. The molecule has 3 heterocycles. The van der Waals surface area contributed by atoms with Crippen molar-refractivity contribution in [1.82, 2.24) is 9.97 Å². The van der Waals surface area contributed by atoms with Crippen LogP contribution in [0.4, 0.5) is 0 Å². The van der Waals surface area contributed by atoms with Crippen molar-refractivity contribution in [2.45, 2.75) is 0 Å². The van der Waals surface area contributed by atoms with Gasteiger partial charge in [0.15, 0.2) is 0 Å². The molecule has 0 amide bonds. The normalized spacial score (nSPS) is 11.4. The first-order valence-corrected chi connectivity index (χ1v) is 10.4. The third-order valence-electron chi connectivity index (χ3n) is 5.45. The zero-order valence-corrected chi connectivity index (χ0v) is 16.4. The third-order valence-corrected chi connectivity index (χ3v) is 6.74. The lowest BCUT2D eigenvalue weighted by Crippen LogP contribution is -1.85. The molecule has 0 atom stereocenters. The monoisotopic (exact) mass is 388 g/mol. The van der Waals surface area contributed by atoms with Crippen molar-refractivity contribution in [1.29, 1.82) is 0 Å². The Balaban J connectivity index is 1.90. The molecule has 0 bridgehead atoms. The van der Waals surface area contributed by atoms with E-state index in [1.54, 1.807) is 0 Å². The third kappa shape index (κ3) is 2.48. The van der Waals surface area contributed by atoms with Crippen molar-refractivity contribution >= 4 is 43.7 Å². The van der Waals surface area contributed by atoms with E-state index in [-0.39, 0.29) is 0 Å². The second-order valence-electron chi connectivity index (χ2n) is 7.08. The van der Waals surface area contributed by atoms with Crippen LogP contribution in [0.2, 0.25) is 0 Å². The summed E-state index contributed by atoms with van der Waals surface area (Å²) in [7, 11) is 0. The van der Waals surface area contributed by atoms with E-state index in [2.05, 4.69) is 82.8 Å². The summed E-state index contributed by atoms with van der Waals surface area (Å²) < 4.78 is 0. The zero-order chi connectivity index (χ0) is 19.2. The quantitative estimate of drug-likeness (QED) is 0.290. The van der Waals surface area contributed by atoms with Crippen molar-refractivity contribution in [3.05, 3.63) is 97.6 Å². The van der Waals surface area contributed by atoms with E-state index in [1.165, 1.54) is 42.4 Å². The number of aromatic nitrogens is 2. The molecule has 0 fully saturated rings. The Morgan fingerprint density at radius 1 is 0.483 bits per heavy atom. The van der Waals surface area contributed by atoms with Gasteiger partial charge < -0.3 is 0 Å². The highest BCUT2D eigenvalue weighted by molar-refractivity contribution is 7.21. The van der Waals surface area contributed by atoms with Gasteiger partial charge in [0.05, 0.1) is 0 Å². The average molecular weight is 388 g/mol. The second-order valence-corrected chi connectivity index (χ2v) is 8.11. The summed E-state index contributed by atoms with van der Waals surface area (Å²) in [6.07, 6.45) is 7.71. The van der Waals surface area contributed by atoms with Gasteiger partial charge >= 0.3 is 0 Å². The van der Waals surface area contributed by atoms with Gasteiger partial charge in [-0.25, -0.2) is 0 Å². The van der Waals surface area contributed by atoms with Gasteiger partial charge in [-0.15, -0.1) is 11.3 Å². The highest BCUT2D eigenvalue weighted by Gasteiger charge is 2.20. The Kier molecular flexibility index (Phi) is 3.68. The summed E-state index contributed by atoms with van der Waals surface area (Å²) in [5.41, 5.74) is 2.49. The Morgan fingerprint density at radius 3 is 1.38 bits per heavy atom. The van der Waals surface area contributed by atoms with Crippen molar-refractivity contribution < 1.29 is 0 Å². The molecule has 0 aliphatic carbocycles. The van der Waals surface area contributed by atoms with Gasteiger partial charge in [-0.1, -0.05) is 60.7 Å². The number of fused-ring (bicyclic) bond motifs is 6. The maximum absolute atomic E-state index is 4.41. The van der Waals surface area contributed by atoms with Crippen LogP contribution in [0, 0.1) is 0 Å². The van der Waals surface area contributed by atoms with Crippen LogP contribution >= 0.6 is 11.3 Å². The maximum atomic E-state index is 4.41. The van der Waals surface area contributed by atoms with Crippen LogP contribution in [-0.2, 0) is 0 Å². The molecule has 3 aromatic heterocycles. The summed E-state index contributed by atoms with van der Waals surface area (Å²) in [6, 6.07) is 25.6.